The first-order valence-corrected chi connectivity index (χ1v) is 23.0. The van der Waals surface area contributed by atoms with Crippen molar-refractivity contribution in [1.82, 2.24) is 0 Å². The second-order valence-electron chi connectivity index (χ2n) is 15.7. The molecule has 0 heterocycles. The van der Waals surface area contributed by atoms with Gasteiger partial charge in [-0.1, -0.05) is 220 Å². The van der Waals surface area contributed by atoms with Crippen LogP contribution in [0, 0.1) is 0 Å². The van der Waals surface area contributed by atoms with Gasteiger partial charge in [-0.2, -0.15) is 0 Å². The Balaban J connectivity index is 4.13. The molecule has 0 saturated heterocycles. The zero-order chi connectivity index (χ0) is 38.0. The molecule has 1 atom stereocenters. The highest BCUT2D eigenvalue weighted by Gasteiger charge is 2.19. The van der Waals surface area contributed by atoms with Crippen LogP contribution in [0.1, 0.15) is 258 Å². The van der Waals surface area contributed by atoms with Gasteiger partial charge in [0.1, 0.15) is 13.2 Å². The van der Waals surface area contributed by atoms with Gasteiger partial charge in [-0.05, 0) is 19.3 Å². The minimum atomic E-state index is -0.756. The molecule has 0 aromatic carbocycles. The Bertz CT molecular complexity index is 768. The average Bonchev–Trinajstić information content (AvgIpc) is 3.14. The molecule has 0 aliphatic heterocycles. The van der Waals surface area contributed by atoms with Gasteiger partial charge >= 0.3 is 17.9 Å². The van der Waals surface area contributed by atoms with Crippen molar-refractivity contribution in [1.29, 1.82) is 0 Å². The molecule has 0 aromatic rings. The largest absolute Gasteiger partial charge is 0.462 e. The van der Waals surface area contributed by atoms with E-state index in [2.05, 4.69) is 20.8 Å². The first kappa shape index (κ1) is 50.4. The van der Waals surface area contributed by atoms with E-state index in [4.69, 9.17) is 14.2 Å². The molecule has 0 rings (SSSR count). The summed E-state index contributed by atoms with van der Waals surface area (Å²) >= 11 is 0. The third kappa shape index (κ3) is 39.6. The quantitative estimate of drug-likeness (QED) is 0.0353. The monoisotopic (exact) mass is 737 g/mol. The molecule has 0 radical (unpaired) electrons. The second kappa shape index (κ2) is 42.2. The van der Waals surface area contributed by atoms with Gasteiger partial charge in [-0.15, -0.1) is 0 Å². The van der Waals surface area contributed by atoms with Crippen LogP contribution in [-0.2, 0) is 28.6 Å². The molecule has 6 nitrogen and oxygen atoms in total. The van der Waals surface area contributed by atoms with Crippen LogP contribution in [0.5, 0.6) is 0 Å². The summed E-state index contributed by atoms with van der Waals surface area (Å²) in [6.45, 7) is 6.57. The fourth-order valence-electron chi connectivity index (χ4n) is 6.85. The summed E-state index contributed by atoms with van der Waals surface area (Å²) in [4.78, 5) is 37.4. The maximum atomic E-state index is 12.7. The van der Waals surface area contributed by atoms with Crippen LogP contribution < -0.4 is 0 Å². The number of carbonyl (C=O) groups is 3. The molecule has 6 heteroatoms. The predicted molar refractivity (Wildman–Crippen MR) is 220 cm³/mol. The number of carbonyl (C=O) groups excluding carboxylic acids is 3. The van der Waals surface area contributed by atoms with E-state index in [-0.39, 0.29) is 31.1 Å². The summed E-state index contributed by atoms with van der Waals surface area (Å²) in [5.74, 6) is -0.866. The van der Waals surface area contributed by atoms with Crippen molar-refractivity contribution in [2.24, 2.45) is 0 Å². The summed E-state index contributed by atoms with van der Waals surface area (Å²) in [5.41, 5.74) is 0. The highest BCUT2D eigenvalue weighted by atomic mass is 16.6. The molecule has 0 bridgehead atoms. The summed E-state index contributed by atoms with van der Waals surface area (Å²) in [6, 6.07) is 0. The van der Waals surface area contributed by atoms with Gasteiger partial charge in [0.05, 0.1) is 0 Å². The van der Waals surface area contributed by atoms with E-state index in [1.807, 2.05) is 0 Å². The standard InChI is InChI=1S/C46H88O6/c1-4-7-10-13-15-17-19-20-21-22-23-24-25-27-29-31-34-37-40-46(49)52-43(41-50-44(47)38-35-32-12-9-6-3)42-51-45(48)39-36-33-30-28-26-18-16-14-11-8-5-2/h43H,4-42H2,1-3H3/t43-/m0/s1. The fourth-order valence-corrected chi connectivity index (χ4v) is 6.85. The number of hydrogen-bond acceptors (Lipinski definition) is 6. The van der Waals surface area contributed by atoms with Crippen LogP contribution in [0.2, 0.25) is 0 Å². The molecule has 0 unspecified atom stereocenters. The molecule has 0 spiro atoms. The molecule has 0 aliphatic carbocycles. The van der Waals surface area contributed by atoms with Gasteiger partial charge in [0.15, 0.2) is 6.10 Å². The van der Waals surface area contributed by atoms with E-state index in [0.29, 0.717) is 19.3 Å². The van der Waals surface area contributed by atoms with E-state index in [9.17, 15) is 14.4 Å². The minimum Gasteiger partial charge on any atom is -0.462 e. The number of esters is 3. The predicted octanol–water partition coefficient (Wildman–Crippen LogP) is 14.5. The van der Waals surface area contributed by atoms with E-state index >= 15 is 0 Å². The average molecular weight is 737 g/mol. The van der Waals surface area contributed by atoms with Crippen molar-refractivity contribution in [3.8, 4) is 0 Å². The number of ether oxygens (including phenoxy) is 3. The number of unbranched alkanes of at least 4 members (excludes halogenated alkanes) is 31. The maximum absolute atomic E-state index is 12.7. The maximum Gasteiger partial charge on any atom is 0.306 e. The van der Waals surface area contributed by atoms with Gasteiger partial charge in [0, 0.05) is 19.3 Å². The molecule has 0 aromatic heterocycles. The highest BCUT2D eigenvalue weighted by Crippen LogP contribution is 2.16. The molecular formula is C46H88O6. The van der Waals surface area contributed by atoms with Gasteiger partial charge in [-0.3, -0.25) is 14.4 Å². The lowest BCUT2D eigenvalue weighted by Crippen LogP contribution is -2.30. The zero-order valence-electron chi connectivity index (χ0n) is 35.1. The van der Waals surface area contributed by atoms with Crippen molar-refractivity contribution in [2.75, 3.05) is 13.2 Å². The van der Waals surface area contributed by atoms with Crippen LogP contribution in [0.3, 0.4) is 0 Å². The first-order valence-electron chi connectivity index (χ1n) is 23.0. The lowest BCUT2D eigenvalue weighted by atomic mass is 10.0. The molecular weight excluding hydrogens is 648 g/mol. The molecule has 52 heavy (non-hydrogen) atoms. The van der Waals surface area contributed by atoms with E-state index < -0.39 is 6.10 Å². The molecule has 0 N–H and O–H groups in total. The summed E-state index contributed by atoms with van der Waals surface area (Å²) < 4.78 is 16.6. The van der Waals surface area contributed by atoms with E-state index in [1.54, 1.807) is 0 Å². The normalized spacial score (nSPS) is 11.8. The topological polar surface area (TPSA) is 78.9 Å². The van der Waals surface area contributed by atoms with Gasteiger partial charge in [0.25, 0.3) is 0 Å². The SMILES string of the molecule is CCCCCCCCCCCCCCCCCCCCC(=O)O[C@@H](COC(=O)CCCCCCC)COC(=O)CCCCCCCCCCCCC. The molecule has 0 saturated carbocycles. The number of hydrogen-bond donors (Lipinski definition) is 0. The van der Waals surface area contributed by atoms with Gasteiger partial charge in [0.2, 0.25) is 0 Å². The van der Waals surface area contributed by atoms with Crippen molar-refractivity contribution < 1.29 is 28.6 Å². The van der Waals surface area contributed by atoms with Crippen molar-refractivity contribution in [3.05, 3.63) is 0 Å². The fraction of sp³-hybridized carbons (Fsp3) is 0.935. The van der Waals surface area contributed by atoms with E-state index in [0.717, 1.165) is 64.2 Å². The lowest BCUT2D eigenvalue weighted by molar-refractivity contribution is -0.167. The van der Waals surface area contributed by atoms with Crippen LogP contribution in [0.4, 0.5) is 0 Å². The second-order valence-corrected chi connectivity index (χ2v) is 15.7. The third-order valence-electron chi connectivity index (χ3n) is 10.4. The molecule has 0 amide bonds. The summed E-state index contributed by atoms with van der Waals surface area (Å²) in [6.07, 6.45) is 42.6. The Hall–Kier alpha value is -1.59. The number of rotatable bonds is 42. The van der Waals surface area contributed by atoms with Crippen LogP contribution >= 0.6 is 0 Å². The zero-order valence-corrected chi connectivity index (χ0v) is 35.1. The highest BCUT2D eigenvalue weighted by molar-refractivity contribution is 5.71. The summed E-state index contributed by atoms with van der Waals surface area (Å²) in [5, 5.41) is 0. The first-order chi connectivity index (χ1) is 25.5. The molecule has 308 valence electrons. The van der Waals surface area contributed by atoms with Crippen molar-refractivity contribution in [3.63, 3.8) is 0 Å². The third-order valence-corrected chi connectivity index (χ3v) is 10.4. The van der Waals surface area contributed by atoms with Crippen molar-refractivity contribution in [2.45, 2.75) is 264 Å². The van der Waals surface area contributed by atoms with Gasteiger partial charge in [-0.25, -0.2) is 0 Å². The van der Waals surface area contributed by atoms with Gasteiger partial charge < -0.3 is 14.2 Å². The minimum absolute atomic E-state index is 0.0640. The van der Waals surface area contributed by atoms with E-state index in [1.165, 1.54) is 154 Å². The Morgan fingerprint density at radius 3 is 0.769 bits per heavy atom. The Morgan fingerprint density at radius 2 is 0.519 bits per heavy atom. The Labute approximate surface area is 323 Å². The Kier molecular flexibility index (Phi) is 40.9. The Morgan fingerprint density at radius 1 is 0.308 bits per heavy atom. The van der Waals surface area contributed by atoms with Crippen LogP contribution in [-0.4, -0.2) is 37.2 Å². The summed E-state index contributed by atoms with van der Waals surface area (Å²) in [7, 11) is 0. The molecule has 0 fully saturated rings. The van der Waals surface area contributed by atoms with Crippen LogP contribution in [0.25, 0.3) is 0 Å². The molecule has 0 aliphatic rings. The van der Waals surface area contributed by atoms with Crippen LogP contribution in [0.15, 0.2) is 0 Å². The smallest absolute Gasteiger partial charge is 0.306 e. The van der Waals surface area contributed by atoms with Crippen molar-refractivity contribution >= 4 is 17.9 Å². The lowest BCUT2D eigenvalue weighted by Gasteiger charge is -2.18.